The SMILES string of the molecule is Cc1[nH]c(=S)[nH]c(=O)c1CCC(=O)Nc1cccc(Br)c1. The molecular formula is C14H14BrN3O2S. The van der Waals surface area contributed by atoms with Crippen LogP contribution in [0.4, 0.5) is 5.69 Å². The number of amides is 1. The van der Waals surface area contributed by atoms with E-state index in [0.717, 1.165) is 4.47 Å². The van der Waals surface area contributed by atoms with Crippen LogP contribution in [-0.4, -0.2) is 15.9 Å². The second-order valence-electron chi connectivity index (χ2n) is 4.57. The summed E-state index contributed by atoms with van der Waals surface area (Å²) in [5, 5.41) is 2.79. The van der Waals surface area contributed by atoms with Crippen LogP contribution in [0.5, 0.6) is 0 Å². The lowest BCUT2D eigenvalue weighted by molar-refractivity contribution is -0.116. The number of hydrogen-bond donors (Lipinski definition) is 3. The van der Waals surface area contributed by atoms with Crippen molar-refractivity contribution in [2.75, 3.05) is 5.32 Å². The second-order valence-corrected chi connectivity index (χ2v) is 5.89. The molecule has 0 spiro atoms. The topological polar surface area (TPSA) is 77.8 Å². The molecule has 0 saturated carbocycles. The zero-order valence-corrected chi connectivity index (χ0v) is 13.7. The number of carbonyl (C=O) groups is 1. The molecule has 2 aromatic rings. The van der Waals surface area contributed by atoms with Crippen LogP contribution < -0.4 is 10.9 Å². The average molecular weight is 368 g/mol. The first-order chi connectivity index (χ1) is 9.95. The molecule has 5 nitrogen and oxygen atoms in total. The molecule has 1 amide bonds. The molecule has 0 bridgehead atoms. The van der Waals surface area contributed by atoms with E-state index >= 15 is 0 Å². The first kappa shape index (κ1) is 15.7. The maximum atomic E-state index is 11.9. The summed E-state index contributed by atoms with van der Waals surface area (Å²) in [7, 11) is 0. The minimum Gasteiger partial charge on any atom is -0.336 e. The van der Waals surface area contributed by atoms with Crippen molar-refractivity contribution < 1.29 is 4.79 Å². The molecule has 1 aromatic heterocycles. The molecule has 3 N–H and O–H groups in total. The predicted molar refractivity (Wildman–Crippen MR) is 88.1 cm³/mol. The van der Waals surface area contributed by atoms with E-state index < -0.39 is 0 Å². The number of nitrogens with one attached hydrogen (secondary N) is 3. The van der Waals surface area contributed by atoms with Gasteiger partial charge in [0.2, 0.25) is 5.91 Å². The molecule has 0 atom stereocenters. The van der Waals surface area contributed by atoms with E-state index in [-0.39, 0.29) is 17.9 Å². The molecule has 110 valence electrons. The van der Waals surface area contributed by atoms with Crippen molar-refractivity contribution >= 4 is 39.7 Å². The molecule has 21 heavy (non-hydrogen) atoms. The summed E-state index contributed by atoms with van der Waals surface area (Å²) in [6.45, 7) is 1.77. The Bertz CT molecular complexity index is 782. The van der Waals surface area contributed by atoms with Gasteiger partial charge < -0.3 is 10.3 Å². The van der Waals surface area contributed by atoms with Crippen LogP contribution in [0.15, 0.2) is 33.5 Å². The summed E-state index contributed by atoms with van der Waals surface area (Å²) in [4.78, 5) is 29.1. The number of halogens is 1. The van der Waals surface area contributed by atoms with Gasteiger partial charge in [0.05, 0.1) is 0 Å². The van der Waals surface area contributed by atoms with Gasteiger partial charge in [-0.2, -0.15) is 0 Å². The van der Waals surface area contributed by atoms with Gasteiger partial charge in [0, 0.05) is 27.8 Å². The Labute approximate surface area is 134 Å². The number of aromatic amines is 2. The third kappa shape index (κ3) is 4.37. The Morgan fingerprint density at radius 2 is 2.14 bits per heavy atom. The summed E-state index contributed by atoms with van der Waals surface area (Å²) >= 11 is 8.23. The highest BCUT2D eigenvalue weighted by atomic mass is 79.9. The van der Waals surface area contributed by atoms with E-state index in [1.54, 1.807) is 13.0 Å². The van der Waals surface area contributed by atoms with E-state index in [9.17, 15) is 9.59 Å². The number of hydrogen-bond acceptors (Lipinski definition) is 3. The van der Waals surface area contributed by atoms with E-state index in [2.05, 4.69) is 31.2 Å². The predicted octanol–water partition coefficient (Wildman–Crippen LogP) is 3.07. The third-order valence-electron chi connectivity index (χ3n) is 2.97. The van der Waals surface area contributed by atoms with Crippen molar-refractivity contribution in [3.8, 4) is 0 Å². The molecule has 0 fully saturated rings. The molecule has 0 saturated heterocycles. The number of aryl methyl sites for hydroxylation is 1. The van der Waals surface area contributed by atoms with E-state index in [1.165, 1.54) is 0 Å². The summed E-state index contributed by atoms with van der Waals surface area (Å²) < 4.78 is 1.18. The molecule has 0 radical (unpaired) electrons. The lowest BCUT2D eigenvalue weighted by Crippen LogP contribution is -2.19. The van der Waals surface area contributed by atoms with Gasteiger partial charge in [0.1, 0.15) is 0 Å². The van der Waals surface area contributed by atoms with Crippen LogP contribution in [0.25, 0.3) is 0 Å². The van der Waals surface area contributed by atoms with Gasteiger partial charge in [-0.1, -0.05) is 22.0 Å². The smallest absolute Gasteiger partial charge is 0.255 e. The lowest BCUT2D eigenvalue weighted by Gasteiger charge is -2.07. The highest BCUT2D eigenvalue weighted by Crippen LogP contribution is 2.16. The van der Waals surface area contributed by atoms with Crippen LogP contribution in [0.1, 0.15) is 17.7 Å². The summed E-state index contributed by atoms with van der Waals surface area (Å²) in [5.74, 6) is -0.144. The van der Waals surface area contributed by atoms with Crippen molar-refractivity contribution in [1.29, 1.82) is 0 Å². The van der Waals surface area contributed by atoms with Crippen molar-refractivity contribution in [2.24, 2.45) is 0 Å². The highest BCUT2D eigenvalue weighted by Gasteiger charge is 2.09. The molecule has 1 heterocycles. The molecular weight excluding hydrogens is 354 g/mol. The highest BCUT2D eigenvalue weighted by molar-refractivity contribution is 9.10. The summed E-state index contributed by atoms with van der Waals surface area (Å²) in [6, 6.07) is 7.34. The first-order valence-corrected chi connectivity index (χ1v) is 7.53. The van der Waals surface area contributed by atoms with Gasteiger partial charge >= 0.3 is 0 Å². The second kappa shape index (κ2) is 6.82. The zero-order valence-electron chi connectivity index (χ0n) is 11.3. The molecule has 0 unspecified atom stereocenters. The van der Waals surface area contributed by atoms with Crippen LogP contribution in [-0.2, 0) is 11.2 Å². The van der Waals surface area contributed by atoms with Gasteiger partial charge in [0.15, 0.2) is 4.77 Å². The molecule has 0 aliphatic rings. The normalized spacial score (nSPS) is 10.4. The van der Waals surface area contributed by atoms with E-state index in [1.807, 2.05) is 18.2 Å². The summed E-state index contributed by atoms with van der Waals surface area (Å²) in [5.41, 5.74) is 1.71. The Hall–Kier alpha value is -1.73. The van der Waals surface area contributed by atoms with Crippen LogP contribution in [0.2, 0.25) is 0 Å². The fourth-order valence-corrected chi connectivity index (χ4v) is 2.60. The number of rotatable bonds is 4. The molecule has 2 rings (SSSR count). The van der Waals surface area contributed by atoms with Gasteiger partial charge in [-0.05, 0) is 43.8 Å². The third-order valence-corrected chi connectivity index (χ3v) is 3.66. The maximum absolute atomic E-state index is 11.9. The van der Waals surface area contributed by atoms with Crippen molar-refractivity contribution in [1.82, 2.24) is 9.97 Å². The zero-order chi connectivity index (χ0) is 15.4. The largest absolute Gasteiger partial charge is 0.336 e. The fourth-order valence-electron chi connectivity index (χ4n) is 1.96. The van der Waals surface area contributed by atoms with E-state index in [0.29, 0.717) is 28.1 Å². The quantitative estimate of drug-likeness (QED) is 0.726. The van der Waals surface area contributed by atoms with Crippen LogP contribution >= 0.6 is 28.1 Å². The Kier molecular flexibility index (Phi) is 5.08. The van der Waals surface area contributed by atoms with Gasteiger partial charge in [0.25, 0.3) is 5.56 Å². The standard InChI is InChI=1S/C14H14BrN3O2S/c1-8-11(13(20)18-14(21)16-8)5-6-12(19)17-10-4-2-3-9(15)7-10/h2-4,7H,5-6H2,1H3,(H,17,19)(H2,16,18,20,21). The van der Waals surface area contributed by atoms with Crippen molar-refractivity contribution in [3.63, 3.8) is 0 Å². The number of aromatic nitrogens is 2. The Balaban J connectivity index is 2.02. The first-order valence-electron chi connectivity index (χ1n) is 6.33. The molecule has 1 aromatic carbocycles. The van der Waals surface area contributed by atoms with Gasteiger partial charge in [-0.25, -0.2) is 0 Å². The number of H-pyrrole nitrogens is 2. The average Bonchev–Trinajstić information content (AvgIpc) is 2.37. The Morgan fingerprint density at radius 3 is 2.81 bits per heavy atom. The lowest BCUT2D eigenvalue weighted by atomic mass is 10.1. The number of carbonyl (C=O) groups excluding carboxylic acids is 1. The minimum atomic E-state index is -0.244. The monoisotopic (exact) mass is 367 g/mol. The molecule has 0 aliphatic carbocycles. The van der Waals surface area contributed by atoms with Crippen molar-refractivity contribution in [3.05, 3.63) is 55.1 Å². The van der Waals surface area contributed by atoms with Crippen LogP contribution in [0.3, 0.4) is 0 Å². The minimum absolute atomic E-state index is 0.144. The Morgan fingerprint density at radius 1 is 1.38 bits per heavy atom. The fraction of sp³-hybridized carbons (Fsp3) is 0.214. The number of benzene rings is 1. The van der Waals surface area contributed by atoms with Crippen molar-refractivity contribution in [2.45, 2.75) is 19.8 Å². The maximum Gasteiger partial charge on any atom is 0.255 e. The summed E-state index contributed by atoms with van der Waals surface area (Å²) in [6.07, 6.45) is 0.578. The molecule has 0 aliphatic heterocycles. The van der Waals surface area contributed by atoms with Gasteiger partial charge in [-0.3, -0.25) is 14.6 Å². The van der Waals surface area contributed by atoms with E-state index in [4.69, 9.17) is 12.2 Å². The number of anilines is 1. The molecule has 7 heteroatoms. The van der Waals surface area contributed by atoms with Gasteiger partial charge in [-0.15, -0.1) is 0 Å². The van der Waals surface area contributed by atoms with Crippen LogP contribution in [0, 0.1) is 11.7 Å².